The van der Waals surface area contributed by atoms with E-state index in [1.165, 1.54) is 18.2 Å². The van der Waals surface area contributed by atoms with E-state index < -0.39 is 23.0 Å². The number of ether oxygens (including phenoxy) is 1. The van der Waals surface area contributed by atoms with Crippen molar-refractivity contribution in [2.75, 3.05) is 6.61 Å². The Morgan fingerprint density at radius 2 is 2.14 bits per heavy atom. The Morgan fingerprint density at radius 1 is 1.52 bits per heavy atom. The molecule has 1 aromatic carbocycles. The number of nitrogens with one attached hydrogen (secondary N) is 1. The van der Waals surface area contributed by atoms with E-state index in [2.05, 4.69) is 5.32 Å². The molecule has 21 heavy (non-hydrogen) atoms. The third-order valence-corrected chi connectivity index (χ3v) is 3.21. The maximum Gasteiger partial charge on any atom is 0.310 e. The van der Waals surface area contributed by atoms with Crippen LogP contribution in [0.5, 0.6) is 5.75 Å². The van der Waals surface area contributed by atoms with Gasteiger partial charge in [0.1, 0.15) is 5.54 Å². The highest BCUT2D eigenvalue weighted by atomic mass is 16.6. The second-order valence-corrected chi connectivity index (χ2v) is 5.03. The minimum absolute atomic E-state index is 0.0147. The van der Waals surface area contributed by atoms with Crippen molar-refractivity contribution in [1.29, 1.82) is 5.26 Å². The van der Waals surface area contributed by atoms with Crippen molar-refractivity contribution in [3.63, 3.8) is 0 Å². The van der Waals surface area contributed by atoms with Gasteiger partial charge in [-0.25, -0.2) is 0 Å². The number of nitrogens with zero attached hydrogens (tertiary/aromatic N) is 2. The number of amides is 1. The number of hydrogen-bond donors (Lipinski definition) is 1. The molecule has 0 saturated carbocycles. The number of nitriles is 1. The summed E-state index contributed by atoms with van der Waals surface area (Å²) in [7, 11) is 0. The molecule has 0 spiro atoms. The Kier molecular flexibility index (Phi) is 5.24. The first kappa shape index (κ1) is 16.4. The molecule has 0 saturated heterocycles. The molecule has 0 aliphatic heterocycles. The van der Waals surface area contributed by atoms with Crippen LogP contribution in [0.3, 0.4) is 0 Å². The highest BCUT2D eigenvalue weighted by molar-refractivity contribution is 5.79. The molecule has 0 fully saturated rings. The number of rotatable bonds is 6. The fourth-order valence-corrected chi connectivity index (χ4v) is 1.50. The normalized spacial score (nSPS) is 13.1. The molecule has 0 bridgehead atoms. The monoisotopic (exact) mass is 291 g/mol. The molecule has 0 radical (unpaired) electrons. The lowest BCUT2D eigenvalue weighted by molar-refractivity contribution is -0.385. The maximum absolute atomic E-state index is 11.8. The van der Waals surface area contributed by atoms with Crippen LogP contribution in [0.15, 0.2) is 24.3 Å². The highest BCUT2D eigenvalue weighted by Crippen LogP contribution is 2.25. The lowest BCUT2D eigenvalue weighted by Gasteiger charge is -2.27. The maximum atomic E-state index is 11.8. The first-order chi connectivity index (χ1) is 9.80. The van der Waals surface area contributed by atoms with Gasteiger partial charge in [0.2, 0.25) is 0 Å². The van der Waals surface area contributed by atoms with Crippen LogP contribution in [0.4, 0.5) is 5.69 Å². The first-order valence-electron chi connectivity index (χ1n) is 6.38. The van der Waals surface area contributed by atoms with E-state index in [-0.39, 0.29) is 17.4 Å². The molecular formula is C14H17N3O4. The number of carbonyl (C=O) groups is 1. The van der Waals surface area contributed by atoms with Gasteiger partial charge in [0, 0.05) is 6.07 Å². The number of hydrogen-bond acceptors (Lipinski definition) is 5. The van der Waals surface area contributed by atoms with Gasteiger partial charge in [-0.05, 0) is 18.9 Å². The molecule has 0 aliphatic carbocycles. The van der Waals surface area contributed by atoms with E-state index in [9.17, 15) is 14.9 Å². The molecule has 1 N–H and O–H groups in total. The van der Waals surface area contributed by atoms with Gasteiger partial charge in [-0.1, -0.05) is 26.0 Å². The first-order valence-corrected chi connectivity index (χ1v) is 6.38. The standard InChI is InChI=1S/C14H17N3O4/c1-10(2)14(3,9-15)16-13(18)8-21-12-7-5-4-6-11(12)17(19)20/h4-7,10H,8H2,1-3H3,(H,16,18)/t14-/m1/s1. The largest absolute Gasteiger partial charge is 0.477 e. The third kappa shape index (κ3) is 4.18. The van der Waals surface area contributed by atoms with Crippen molar-refractivity contribution in [2.45, 2.75) is 26.3 Å². The summed E-state index contributed by atoms with van der Waals surface area (Å²) in [5, 5.41) is 22.5. The molecule has 1 atom stereocenters. The lowest BCUT2D eigenvalue weighted by Crippen LogP contribution is -2.50. The van der Waals surface area contributed by atoms with Crippen LogP contribution in [-0.2, 0) is 4.79 Å². The van der Waals surface area contributed by atoms with Crippen LogP contribution in [0, 0.1) is 27.4 Å². The zero-order valence-corrected chi connectivity index (χ0v) is 12.1. The second kappa shape index (κ2) is 6.70. The van der Waals surface area contributed by atoms with Crippen molar-refractivity contribution in [1.82, 2.24) is 5.32 Å². The summed E-state index contributed by atoms with van der Waals surface area (Å²) in [4.78, 5) is 22.0. The predicted molar refractivity (Wildman–Crippen MR) is 75.6 cm³/mol. The molecule has 7 heteroatoms. The lowest BCUT2D eigenvalue weighted by atomic mass is 9.90. The van der Waals surface area contributed by atoms with Crippen molar-refractivity contribution < 1.29 is 14.5 Å². The summed E-state index contributed by atoms with van der Waals surface area (Å²) in [6.07, 6.45) is 0. The zero-order valence-electron chi connectivity index (χ0n) is 12.1. The number of nitro benzene ring substituents is 1. The fraction of sp³-hybridized carbons (Fsp3) is 0.429. The molecule has 0 aromatic heterocycles. The highest BCUT2D eigenvalue weighted by Gasteiger charge is 2.30. The summed E-state index contributed by atoms with van der Waals surface area (Å²) in [5.41, 5.74) is -1.22. The summed E-state index contributed by atoms with van der Waals surface area (Å²) in [5.74, 6) is -0.579. The Labute approximate surface area is 122 Å². The molecule has 1 aromatic rings. The third-order valence-electron chi connectivity index (χ3n) is 3.21. The van der Waals surface area contributed by atoms with E-state index in [0.29, 0.717) is 0 Å². The van der Waals surface area contributed by atoms with Gasteiger partial charge in [-0.15, -0.1) is 0 Å². The van der Waals surface area contributed by atoms with Gasteiger partial charge in [-0.2, -0.15) is 5.26 Å². The Hall–Kier alpha value is -2.62. The van der Waals surface area contributed by atoms with Gasteiger partial charge in [0.05, 0.1) is 11.0 Å². The van der Waals surface area contributed by atoms with Crippen LogP contribution in [0.2, 0.25) is 0 Å². The summed E-state index contributed by atoms with van der Waals surface area (Å²) < 4.78 is 5.17. The van der Waals surface area contributed by atoms with Gasteiger partial charge in [0.15, 0.2) is 12.4 Å². The molecule has 112 valence electrons. The zero-order chi connectivity index (χ0) is 16.0. The Bertz CT molecular complexity index is 580. The molecular weight excluding hydrogens is 274 g/mol. The van der Waals surface area contributed by atoms with Crippen molar-refractivity contribution in [2.24, 2.45) is 5.92 Å². The van der Waals surface area contributed by atoms with Crippen molar-refractivity contribution in [3.8, 4) is 11.8 Å². The molecule has 0 heterocycles. The smallest absolute Gasteiger partial charge is 0.310 e. The van der Waals surface area contributed by atoms with Gasteiger partial charge >= 0.3 is 5.69 Å². The number of nitro groups is 1. The minimum Gasteiger partial charge on any atom is -0.477 e. The van der Waals surface area contributed by atoms with Crippen LogP contribution in [-0.4, -0.2) is 23.0 Å². The van der Waals surface area contributed by atoms with Crippen LogP contribution in [0.1, 0.15) is 20.8 Å². The van der Waals surface area contributed by atoms with E-state index in [0.717, 1.165) is 0 Å². The fourth-order valence-electron chi connectivity index (χ4n) is 1.50. The van der Waals surface area contributed by atoms with E-state index in [4.69, 9.17) is 10.00 Å². The van der Waals surface area contributed by atoms with Crippen LogP contribution in [0.25, 0.3) is 0 Å². The van der Waals surface area contributed by atoms with Gasteiger partial charge in [0.25, 0.3) is 5.91 Å². The molecule has 0 unspecified atom stereocenters. The van der Waals surface area contributed by atoms with Gasteiger partial charge < -0.3 is 10.1 Å². The number of benzene rings is 1. The van der Waals surface area contributed by atoms with Crippen LogP contribution >= 0.6 is 0 Å². The topological polar surface area (TPSA) is 105 Å². The SMILES string of the molecule is CC(C)[C@@](C)(C#N)NC(=O)COc1ccccc1[N+](=O)[O-]. The average Bonchev–Trinajstić information content (AvgIpc) is 2.44. The molecule has 7 nitrogen and oxygen atoms in total. The van der Waals surface area contributed by atoms with Crippen LogP contribution < -0.4 is 10.1 Å². The Morgan fingerprint density at radius 3 is 2.67 bits per heavy atom. The summed E-state index contributed by atoms with van der Waals surface area (Å²) in [6, 6.07) is 7.83. The Balaban J connectivity index is 2.71. The summed E-state index contributed by atoms with van der Waals surface area (Å²) >= 11 is 0. The van der Waals surface area contributed by atoms with E-state index in [1.54, 1.807) is 13.0 Å². The van der Waals surface area contributed by atoms with Gasteiger partial charge in [-0.3, -0.25) is 14.9 Å². The van der Waals surface area contributed by atoms with E-state index >= 15 is 0 Å². The molecule has 1 amide bonds. The quantitative estimate of drug-likeness (QED) is 0.637. The summed E-state index contributed by atoms with van der Waals surface area (Å²) in [6.45, 7) is 4.84. The number of carbonyl (C=O) groups excluding carboxylic acids is 1. The predicted octanol–water partition coefficient (Wildman–Crippen LogP) is 2.03. The van der Waals surface area contributed by atoms with E-state index in [1.807, 2.05) is 19.9 Å². The average molecular weight is 291 g/mol. The second-order valence-electron chi connectivity index (χ2n) is 5.03. The number of para-hydroxylation sites is 2. The molecule has 0 aliphatic rings. The minimum atomic E-state index is -1.01. The van der Waals surface area contributed by atoms with Crippen molar-refractivity contribution in [3.05, 3.63) is 34.4 Å². The van der Waals surface area contributed by atoms with Crippen molar-refractivity contribution >= 4 is 11.6 Å². The molecule has 1 rings (SSSR count).